The number of ether oxygens (including phenoxy) is 1. The Kier molecular flexibility index (Phi) is 5.19. The van der Waals surface area contributed by atoms with Crippen LogP contribution in [-0.4, -0.2) is 22.9 Å². The SMILES string of the molecule is CC(=O)N1N=C([C@@H](C)Nc2ccc(Cl)cc2)O[C@H]1c1c2ccccc2cc2ccccc12. The minimum atomic E-state index is -0.645. The van der Waals surface area contributed by atoms with Crippen molar-refractivity contribution in [3.8, 4) is 0 Å². The van der Waals surface area contributed by atoms with E-state index in [-0.39, 0.29) is 11.9 Å². The van der Waals surface area contributed by atoms with Gasteiger partial charge >= 0.3 is 0 Å². The Morgan fingerprint density at radius 1 is 1.00 bits per heavy atom. The molecule has 0 unspecified atom stereocenters. The number of hydrazone groups is 1. The quantitative estimate of drug-likeness (QED) is 0.374. The van der Waals surface area contributed by atoms with Gasteiger partial charge in [0.1, 0.15) is 6.04 Å². The van der Waals surface area contributed by atoms with E-state index in [9.17, 15) is 4.79 Å². The average molecular weight is 444 g/mol. The van der Waals surface area contributed by atoms with Gasteiger partial charge in [-0.15, -0.1) is 5.10 Å². The van der Waals surface area contributed by atoms with Crippen LogP contribution in [0.25, 0.3) is 21.5 Å². The summed E-state index contributed by atoms with van der Waals surface area (Å²) in [7, 11) is 0. The van der Waals surface area contributed by atoms with E-state index in [0.717, 1.165) is 32.8 Å². The molecule has 5 rings (SSSR count). The lowest BCUT2D eigenvalue weighted by molar-refractivity contribution is -0.135. The summed E-state index contributed by atoms with van der Waals surface area (Å²) in [4.78, 5) is 12.6. The molecule has 1 amide bonds. The van der Waals surface area contributed by atoms with Gasteiger partial charge in [-0.1, -0.05) is 60.1 Å². The normalized spacial score (nSPS) is 16.7. The standard InChI is InChI=1S/C26H22ClN3O2/c1-16(28-21-13-11-20(27)12-14-21)25-29-30(17(2)31)26(32-25)24-22-9-5-3-7-18(22)15-19-8-4-6-10-23(19)24/h3-16,26,28H,1-2H3/t16-,26+/m1/s1. The monoisotopic (exact) mass is 443 g/mol. The van der Waals surface area contributed by atoms with Crippen LogP contribution in [0.15, 0.2) is 84.0 Å². The van der Waals surface area contributed by atoms with E-state index in [2.05, 4.69) is 40.8 Å². The van der Waals surface area contributed by atoms with Gasteiger partial charge in [0.2, 0.25) is 18.0 Å². The summed E-state index contributed by atoms with van der Waals surface area (Å²) in [5, 5.41) is 14.3. The van der Waals surface area contributed by atoms with Crippen LogP contribution in [0, 0.1) is 0 Å². The number of halogens is 1. The first-order chi connectivity index (χ1) is 15.5. The molecule has 1 heterocycles. The Hall–Kier alpha value is -3.57. The molecule has 0 spiro atoms. The lowest BCUT2D eigenvalue weighted by Gasteiger charge is -2.23. The summed E-state index contributed by atoms with van der Waals surface area (Å²) >= 11 is 5.99. The molecular weight excluding hydrogens is 422 g/mol. The van der Waals surface area contributed by atoms with Crippen molar-refractivity contribution in [2.75, 3.05) is 5.32 Å². The maximum atomic E-state index is 12.6. The number of fused-ring (bicyclic) bond motifs is 2. The van der Waals surface area contributed by atoms with Crippen molar-refractivity contribution in [1.29, 1.82) is 0 Å². The molecule has 4 aromatic rings. The number of hydrogen-bond acceptors (Lipinski definition) is 4. The molecule has 0 aliphatic carbocycles. The molecule has 1 aliphatic heterocycles. The summed E-state index contributed by atoms with van der Waals surface area (Å²) in [5.41, 5.74) is 1.83. The van der Waals surface area contributed by atoms with Crippen LogP contribution in [0.1, 0.15) is 25.6 Å². The summed E-state index contributed by atoms with van der Waals surface area (Å²) < 4.78 is 6.36. The molecule has 2 atom stereocenters. The third kappa shape index (κ3) is 3.65. The third-order valence-corrected chi connectivity index (χ3v) is 5.89. The number of rotatable bonds is 4. The fourth-order valence-corrected chi connectivity index (χ4v) is 4.25. The lowest BCUT2D eigenvalue weighted by Crippen LogP contribution is -2.27. The topological polar surface area (TPSA) is 53.9 Å². The van der Waals surface area contributed by atoms with E-state index in [1.165, 1.54) is 11.9 Å². The maximum absolute atomic E-state index is 12.6. The Labute approximate surface area is 191 Å². The highest BCUT2D eigenvalue weighted by atomic mass is 35.5. The second kappa shape index (κ2) is 8.17. The number of carbonyl (C=O) groups excluding carboxylic acids is 1. The average Bonchev–Trinajstić information content (AvgIpc) is 3.24. The number of anilines is 1. The Morgan fingerprint density at radius 3 is 2.19 bits per heavy atom. The van der Waals surface area contributed by atoms with E-state index < -0.39 is 6.23 Å². The van der Waals surface area contributed by atoms with Crippen molar-refractivity contribution in [3.05, 3.63) is 89.4 Å². The first-order valence-electron chi connectivity index (χ1n) is 10.5. The highest BCUT2D eigenvalue weighted by molar-refractivity contribution is 6.30. The first kappa shape index (κ1) is 20.3. The number of nitrogens with one attached hydrogen (secondary N) is 1. The van der Waals surface area contributed by atoms with Crippen LogP contribution in [0.4, 0.5) is 5.69 Å². The van der Waals surface area contributed by atoms with Crippen LogP contribution in [0.5, 0.6) is 0 Å². The third-order valence-electron chi connectivity index (χ3n) is 5.64. The van der Waals surface area contributed by atoms with Crippen LogP contribution >= 0.6 is 11.6 Å². The number of nitrogens with zero attached hydrogens (tertiary/aromatic N) is 2. The Morgan fingerprint density at radius 2 is 1.59 bits per heavy atom. The first-order valence-corrected chi connectivity index (χ1v) is 10.9. The van der Waals surface area contributed by atoms with E-state index in [1.54, 1.807) is 0 Å². The second-order valence-electron chi connectivity index (χ2n) is 7.88. The molecule has 1 N–H and O–H groups in total. The van der Waals surface area contributed by atoms with Crippen molar-refractivity contribution in [1.82, 2.24) is 5.01 Å². The maximum Gasteiger partial charge on any atom is 0.243 e. The zero-order valence-electron chi connectivity index (χ0n) is 17.7. The van der Waals surface area contributed by atoms with Gasteiger partial charge in [0.05, 0.1) is 0 Å². The van der Waals surface area contributed by atoms with E-state index in [1.807, 2.05) is 55.5 Å². The molecule has 160 valence electrons. The molecular formula is C26H22ClN3O2. The molecule has 0 saturated carbocycles. The predicted octanol–water partition coefficient (Wildman–Crippen LogP) is 6.34. The van der Waals surface area contributed by atoms with Crippen molar-refractivity contribution < 1.29 is 9.53 Å². The summed E-state index contributed by atoms with van der Waals surface area (Å²) in [5.74, 6) is 0.276. The number of hydrogen-bond donors (Lipinski definition) is 1. The van der Waals surface area contributed by atoms with Crippen molar-refractivity contribution in [3.63, 3.8) is 0 Å². The van der Waals surface area contributed by atoms with Crippen LogP contribution in [-0.2, 0) is 9.53 Å². The largest absolute Gasteiger partial charge is 0.448 e. The molecule has 5 nitrogen and oxygen atoms in total. The van der Waals surface area contributed by atoms with E-state index >= 15 is 0 Å². The Balaban J connectivity index is 1.56. The van der Waals surface area contributed by atoms with Gasteiger partial charge in [0, 0.05) is 23.2 Å². The molecule has 0 bridgehead atoms. The minimum absolute atomic E-state index is 0.180. The summed E-state index contributed by atoms with van der Waals surface area (Å²) in [6.45, 7) is 3.46. The zero-order valence-corrected chi connectivity index (χ0v) is 18.5. The highest BCUT2D eigenvalue weighted by Crippen LogP contribution is 2.39. The van der Waals surface area contributed by atoms with Crippen molar-refractivity contribution >= 4 is 50.6 Å². The lowest BCUT2D eigenvalue weighted by atomic mass is 9.95. The van der Waals surface area contributed by atoms with Gasteiger partial charge in [0.25, 0.3) is 0 Å². The van der Waals surface area contributed by atoms with E-state index in [0.29, 0.717) is 10.9 Å². The van der Waals surface area contributed by atoms with Gasteiger partial charge in [-0.3, -0.25) is 4.79 Å². The molecule has 32 heavy (non-hydrogen) atoms. The van der Waals surface area contributed by atoms with Gasteiger partial charge in [-0.2, -0.15) is 5.01 Å². The van der Waals surface area contributed by atoms with Crippen LogP contribution in [0.3, 0.4) is 0 Å². The van der Waals surface area contributed by atoms with Crippen LogP contribution in [0.2, 0.25) is 5.02 Å². The smallest absolute Gasteiger partial charge is 0.243 e. The van der Waals surface area contributed by atoms with Gasteiger partial charge in [0.15, 0.2) is 0 Å². The fraction of sp³-hybridized carbons (Fsp3) is 0.154. The molecule has 0 radical (unpaired) electrons. The molecule has 0 saturated heterocycles. The van der Waals surface area contributed by atoms with E-state index in [4.69, 9.17) is 16.3 Å². The van der Waals surface area contributed by atoms with Crippen LogP contribution < -0.4 is 5.32 Å². The molecule has 4 aromatic carbocycles. The molecule has 6 heteroatoms. The van der Waals surface area contributed by atoms with Gasteiger partial charge < -0.3 is 10.1 Å². The second-order valence-corrected chi connectivity index (χ2v) is 8.31. The zero-order chi connectivity index (χ0) is 22.2. The van der Waals surface area contributed by atoms with Crippen molar-refractivity contribution in [2.45, 2.75) is 26.1 Å². The van der Waals surface area contributed by atoms with Crippen molar-refractivity contribution in [2.24, 2.45) is 5.10 Å². The molecule has 0 fully saturated rings. The Bertz CT molecular complexity index is 1300. The number of carbonyl (C=O) groups is 1. The fourth-order valence-electron chi connectivity index (χ4n) is 4.12. The highest BCUT2D eigenvalue weighted by Gasteiger charge is 2.36. The number of benzene rings is 4. The van der Waals surface area contributed by atoms with Gasteiger partial charge in [-0.05, 0) is 58.8 Å². The summed E-state index contributed by atoms with van der Waals surface area (Å²) in [6, 6.07) is 25.6. The predicted molar refractivity (Wildman–Crippen MR) is 130 cm³/mol. The molecule has 0 aromatic heterocycles. The molecule has 1 aliphatic rings. The minimum Gasteiger partial charge on any atom is -0.448 e. The van der Waals surface area contributed by atoms with Gasteiger partial charge in [-0.25, -0.2) is 0 Å². The number of amides is 1. The summed E-state index contributed by atoms with van der Waals surface area (Å²) in [6.07, 6.45) is -0.645.